The summed E-state index contributed by atoms with van der Waals surface area (Å²) in [5, 5.41) is 14.4. The van der Waals surface area contributed by atoms with Crippen molar-refractivity contribution in [2.45, 2.75) is 19.3 Å². The van der Waals surface area contributed by atoms with Crippen molar-refractivity contribution in [2.24, 2.45) is 13.0 Å². The topological polar surface area (TPSA) is 67.1 Å². The molecular formula is C13H19N5O. The predicted molar refractivity (Wildman–Crippen MR) is 72.9 cm³/mol. The van der Waals surface area contributed by atoms with E-state index in [0.717, 1.165) is 42.8 Å². The van der Waals surface area contributed by atoms with Crippen LogP contribution in [0.3, 0.4) is 0 Å². The van der Waals surface area contributed by atoms with E-state index in [2.05, 4.69) is 20.0 Å². The molecule has 2 aromatic heterocycles. The van der Waals surface area contributed by atoms with E-state index < -0.39 is 0 Å². The molecule has 1 N–H and O–H groups in total. The molecule has 0 aromatic carbocycles. The summed E-state index contributed by atoms with van der Waals surface area (Å²) in [5.41, 5.74) is 0.870. The van der Waals surface area contributed by atoms with Crippen LogP contribution in [0.4, 0.5) is 5.82 Å². The Bertz CT molecular complexity index is 565. The molecule has 0 amide bonds. The lowest BCUT2D eigenvalue weighted by Gasteiger charge is -2.33. The number of aromatic nitrogens is 4. The standard InChI is InChI=1S/C13H19N5O/c1-17-12-11(7-16-17)13(15-9-14-12)18-5-2-3-10(8-18)4-6-19/h7,9-10,19H,2-6,8H2,1H3. The van der Waals surface area contributed by atoms with Gasteiger partial charge >= 0.3 is 0 Å². The lowest BCUT2D eigenvalue weighted by Crippen LogP contribution is -2.36. The van der Waals surface area contributed by atoms with E-state index in [1.165, 1.54) is 6.42 Å². The maximum absolute atomic E-state index is 9.09. The fraction of sp³-hybridized carbons (Fsp3) is 0.615. The third-order valence-electron chi connectivity index (χ3n) is 3.86. The van der Waals surface area contributed by atoms with E-state index in [1.54, 1.807) is 11.0 Å². The molecule has 3 rings (SSSR count). The highest BCUT2D eigenvalue weighted by atomic mass is 16.3. The highest BCUT2D eigenvalue weighted by molar-refractivity contribution is 5.86. The average Bonchev–Trinajstić information content (AvgIpc) is 2.81. The number of fused-ring (bicyclic) bond motifs is 1. The molecule has 0 radical (unpaired) electrons. The number of piperidine rings is 1. The van der Waals surface area contributed by atoms with Gasteiger partial charge in [-0.25, -0.2) is 9.97 Å². The zero-order valence-electron chi connectivity index (χ0n) is 11.2. The van der Waals surface area contributed by atoms with Crippen LogP contribution in [0.1, 0.15) is 19.3 Å². The van der Waals surface area contributed by atoms with Gasteiger partial charge in [0.1, 0.15) is 12.1 Å². The molecule has 0 saturated carbocycles. The van der Waals surface area contributed by atoms with Crippen LogP contribution in [0, 0.1) is 5.92 Å². The molecule has 2 aromatic rings. The van der Waals surface area contributed by atoms with Crippen LogP contribution in [-0.2, 0) is 7.05 Å². The Kier molecular flexibility index (Phi) is 3.33. The molecule has 6 nitrogen and oxygen atoms in total. The number of anilines is 1. The average molecular weight is 261 g/mol. The van der Waals surface area contributed by atoms with Gasteiger partial charge in [-0.1, -0.05) is 0 Å². The minimum absolute atomic E-state index is 0.268. The molecule has 1 fully saturated rings. The van der Waals surface area contributed by atoms with Gasteiger partial charge in [0.2, 0.25) is 0 Å². The van der Waals surface area contributed by atoms with Crippen LogP contribution in [-0.4, -0.2) is 44.6 Å². The van der Waals surface area contributed by atoms with Crippen molar-refractivity contribution in [3.63, 3.8) is 0 Å². The molecule has 0 aliphatic carbocycles. The number of aryl methyl sites for hydroxylation is 1. The van der Waals surface area contributed by atoms with Gasteiger partial charge in [-0.05, 0) is 25.2 Å². The quantitative estimate of drug-likeness (QED) is 0.891. The van der Waals surface area contributed by atoms with E-state index in [4.69, 9.17) is 5.11 Å². The monoisotopic (exact) mass is 261 g/mol. The summed E-state index contributed by atoms with van der Waals surface area (Å²) in [6, 6.07) is 0. The smallest absolute Gasteiger partial charge is 0.163 e. The summed E-state index contributed by atoms with van der Waals surface area (Å²) in [6.45, 7) is 2.25. The lowest BCUT2D eigenvalue weighted by molar-refractivity contribution is 0.244. The van der Waals surface area contributed by atoms with Gasteiger partial charge in [0, 0.05) is 26.7 Å². The van der Waals surface area contributed by atoms with E-state index in [9.17, 15) is 0 Å². The van der Waals surface area contributed by atoms with Crippen molar-refractivity contribution in [2.75, 3.05) is 24.6 Å². The van der Waals surface area contributed by atoms with Crippen LogP contribution in [0.15, 0.2) is 12.5 Å². The summed E-state index contributed by atoms with van der Waals surface area (Å²) < 4.78 is 1.77. The predicted octanol–water partition coefficient (Wildman–Crippen LogP) is 0.962. The van der Waals surface area contributed by atoms with Crippen LogP contribution < -0.4 is 4.90 Å². The molecule has 102 valence electrons. The van der Waals surface area contributed by atoms with Crippen molar-refractivity contribution >= 4 is 16.9 Å². The molecule has 3 heterocycles. The molecule has 1 aliphatic heterocycles. The fourth-order valence-electron chi connectivity index (χ4n) is 2.88. The minimum Gasteiger partial charge on any atom is -0.396 e. The zero-order valence-corrected chi connectivity index (χ0v) is 11.2. The Balaban J connectivity index is 1.91. The third kappa shape index (κ3) is 2.28. The van der Waals surface area contributed by atoms with Gasteiger partial charge in [-0.3, -0.25) is 4.68 Å². The maximum atomic E-state index is 9.09. The summed E-state index contributed by atoms with van der Waals surface area (Å²) in [4.78, 5) is 11.0. The van der Waals surface area contributed by atoms with Crippen molar-refractivity contribution in [3.8, 4) is 0 Å². The molecule has 19 heavy (non-hydrogen) atoms. The van der Waals surface area contributed by atoms with E-state index in [-0.39, 0.29) is 6.61 Å². The van der Waals surface area contributed by atoms with Gasteiger partial charge < -0.3 is 10.0 Å². The van der Waals surface area contributed by atoms with Crippen molar-refractivity contribution in [1.82, 2.24) is 19.7 Å². The van der Waals surface area contributed by atoms with Gasteiger partial charge in [0.25, 0.3) is 0 Å². The number of rotatable bonds is 3. The largest absolute Gasteiger partial charge is 0.396 e. The summed E-state index contributed by atoms with van der Waals surface area (Å²) in [6.07, 6.45) is 6.65. The second kappa shape index (κ2) is 5.13. The van der Waals surface area contributed by atoms with Crippen LogP contribution >= 0.6 is 0 Å². The lowest BCUT2D eigenvalue weighted by atomic mass is 9.95. The van der Waals surface area contributed by atoms with E-state index in [1.807, 2.05) is 13.2 Å². The van der Waals surface area contributed by atoms with Crippen molar-refractivity contribution < 1.29 is 5.11 Å². The SMILES string of the molecule is Cn1ncc2c(N3CCCC(CCO)C3)ncnc21. The van der Waals surface area contributed by atoms with Crippen molar-refractivity contribution in [3.05, 3.63) is 12.5 Å². The Morgan fingerprint density at radius 3 is 3.16 bits per heavy atom. The highest BCUT2D eigenvalue weighted by Crippen LogP contribution is 2.27. The first-order valence-corrected chi connectivity index (χ1v) is 6.78. The third-order valence-corrected chi connectivity index (χ3v) is 3.86. The van der Waals surface area contributed by atoms with Crippen molar-refractivity contribution in [1.29, 1.82) is 0 Å². The summed E-state index contributed by atoms with van der Waals surface area (Å²) >= 11 is 0. The first-order chi connectivity index (χ1) is 9.29. The normalized spacial score (nSPS) is 20.1. The summed E-state index contributed by atoms with van der Waals surface area (Å²) in [7, 11) is 1.89. The van der Waals surface area contributed by atoms with Crippen LogP contribution in [0.5, 0.6) is 0 Å². The van der Waals surface area contributed by atoms with Crippen LogP contribution in [0.25, 0.3) is 11.0 Å². The fourth-order valence-corrected chi connectivity index (χ4v) is 2.88. The Morgan fingerprint density at radius 2 is 2.32 bits per heavy atom. The van der Waals surface area contributed by atoms with Gasteiger partial charge in [0.15, 0.2) is 5.65 Å². The Hall–Kier alpha value is -1.69. The molecular weight excluding hydrogens is 242 g/mol. The van der Waals surface area contributed by atoms with Gasteiger partial charge in [0.05, 0.1) is 11.6 Å². The molecule has 1 aliphatic rings. The molecule has 6 heteroatoms. The number of aliphatic hydroxyl groups is 1. The maximum Gasteiger partial charge on any atom is 0.163 e. The number of hydrogen-bond acceptors (Lipinski definition) is 5. The molecule has 1 saturated heterocycles. The van der Waals surface area contributed by atoms with Gasteiger partial charge in [-0.2, -0.15) is 5.10 Å². The van der Waals surface area contributed by atoms with E-state index >= 15 is 0 Å². The summed E-state index contributed by atoms with van der Waals surface area (Å²) in [5.74, 6) is 1.53. The first-order valence-electron chi connectivity index (χ1n) is 6.78. The first kappa shape index (κ1) is 12.3. The zero-order chi connectivity index (χ0) is 13.2. The molecule has 1 unspecified atom stereocenters. The van der Waals surface area contributed by atoms with E-state index in [0.29, 0.717) is 5.92 Å². The Labute approximate surface area is 112 Å². The molecule has 0 spiro atoms. The second-order valence-electron chi connectivity index (χ2n) is 5.17. The van der Waals surface area contributed by atoms with Crippen LogP contribution in [0.2, 0.25) is 0 Å². The minimum atomic E-state index is 0.268. The Morgan fingerprint density at radius 1 is 1.42 bits per heavy atom. The molecule has 1 atom stereocenters. The second-order valence-corrected chi connectivity index (χ2v) is 5.17. The number of hydrogen-bond donors (Lipinski definition) is 1. The number of nitrogens with zero attached hydrogens (tertiary/aromatic N) is 5. The number of aliphatic hydroxyl groups excluding tert-OH is 1. The van der Waals surface area contributed by atoms with Gasteiger partial charge in [-0.15, -0.1) is 0 Å². The molecule has 0 bridgehead atoms. The highest BCUT2D eigenvalue weighted by Gasteiger charge is 2.22.